The average Bonchev–Trinajstić information content (AvgIpc) is 2.47. The molecule has 1 saturated heterocycles. The summed E-state index contributed by atoms with van der Waals surface area (Å²) in [7, 11) is 0. The second-order valence-electron chi connectivity index (χ2n) is 3.26. The van der Waals surface area contributed by atoms with E-state index in [2.05, 4.69) is 17.6 Å². The van der Waals surface area contributed by atoms with Gasteiger partial charge in [-0.25, -0.2) is 0 Å². The first kappa shape index (κ1) is 7.83. The van der Waals surface area contributed by atoms with Gasteiger partial charge in [-0.3, -0.25) is 0 Å². The van der Waals surface area contributed by atoms with Gasteiger partial charge in [0.05, 0.1) is 12.3 Å². The first-order chi connectivity index (χ1) is 5.86. The summed E-state index contributed by atoms with van der Waals surface area (Å²) in [5, 5.41) is 6.68. The van der Waals surface area contributed by atoms with Gasteiger partial charge in [0.25, 0.3) is 0 Å². The van der Waals surface area contributed by atoms with Crippen molar-refractivity contribution in [3.8, 4) is 0 Å². The Morgan fingerprint density at radius 1 is 1.67 bits per heavy atom. The maximum Gasteiger partial charge on any atom is 0.120 e. The highest BCUT2D eigenvalue weighted by Crippen LogP contribution is 2.13. The largest absolute Gasteiger partial charge is 0.468 e. The van der Waals surface area contributed by atoms with E-state index in [9.17, 15) is 0 Å². The van der Waals surface area contributed by atoms with Gasteiger partial charge in [-0.15, -0.1) is 0 Å². The van der Waals surface area contributed by atoms with Gasteiger partial charge in [0.1, 0.15) is 5.76 Å². The summed E-state index contributed by atoms with van der Waals surface area (Å²) in [4.78, 5) is 0. The molecule has 3 nitrogen and oxygen atoms in total. The molecule has 2 N–H and O–H groups in total. The van der Waals surface area contributed by atoms with E-state index in [0.29, 0.717) is 12.1 Å². The van der Waals surface area contributed by atoms with E-state index < -0.39 is 0 Å². The zero-order chi connectivity index (χ0) is 8.39. The Kier molecular flexibility index (Phi) is 2.15. The Bertz CT molecular complexity index is 229. The number of hydrogen-bond donors (Lipinski definition) is 2. The van der Waals surface area contributed by atoms with E-state index in [1.807, 2.05) is 12.1 Å². The zero-order valence-corrected chi connectivity index (χ0v) is 7.21. The molecule has 1 aliphatic heterocycles. The summed E-state index contributed by atoms with van der Waals surface area (Å²) in [6.45, 7) is 4.27. The van der Waals surface area contributed by atoms with Crippen molar-refractivity contribution in [2.45, 2.75) is 19.0 Å². The highest BCUT2D eigenvalue weighted by molar-refractivity contribution is 5.04. The van der Waals surface area contributed by atoms with E-state index in [1.165, 1.54) is 0 Å². The van der Waals surface area contributed by atoms with Gasteiger partial charge in [-0.2, -0.15) is 0 Å². The minimum atomic E-state index is 0.326. The van der Waals surface area contributed by atoms with Gasteiger partial charge in [0.15, 0.2) is 0 Å². The van der Waals surface area contributed by atoms with Crippen molar-refractivity contribution in [2.24, 2.45) is 0 Å². The molecule has 0 bridgehead atoms. The third-order valence-electron chi connectivity index (χ3n) is 2.24. The van der Waals surface area contributed by atoms with Crippen LogP contribution in [0, 0.1) is 0 Å². The Morgan fingerprint density at radius 2 is 2.50 bits per heavy atom. The predicted molar refractivity (Wildman–Crippen MR) is 46.9 cm³/mol. The van der Waals surface area contributed by atoms with Crippen molar-refractivity contribution in [1.29, 1.82) is 0 Å². The summed E-state index contributed by atoms with van der Waals surface area (Å²) < 4.78 is 5.28. The second kappa shape index (κ2) is 3.29. The molecule has 0 amide bonds. The van der Waals surface area contributed by atoms with Gasteiger partial charge >= 0.3 is 0 Å². The van der Waals surface area contributed by atoms with Crippen LogP contribution in [0.2, 0.25) is 0 Å². The maximum absolute atomic E-state index is 5.28. The van der Waals surface area contributed by atoms with Gasteiger partial charge in [0, 0.05) is 19.1 Å². The van der Waals surface area contributed by atoms with Gasteiger partial charge < -0.3 is 15.1 Å². The SMILES string of the molecule is C[C@@H](NC1CNC1)c1ccco1. The smallest absolute Gasteiger partial charge is 0.120 e. The lowest BCUT2D eigenvalue weighted by Gasteiger charge is -2.30. The summed E-state index contributed by atoms with van der Waals surface area (Å²) >= 11 is 0. The zero-order valence-electron chi connectivity index (χ0n) is 7.21. The molecule has 0 aromatic carbocycles. The Balaban J connectivity index is 1.87. The van der Waals surface area contributed by atoms with E-state index in [0.717, 1.165) is 18.8 Å². The molecule has 1 fully saturated rings. The van der Waals surface area contributed by atoms with Crippen LogP contribution in [-0.4, -0.2) is 19.1 Å². The summed E-state index contributed by atoms with van der Waals surface area (Å²) in [5.74, 6) is 1.02. The number of nitrogens with one attached hydrogen (secondary N) is 2. The monoisotopic (exact) mass is 166 g/mol. The second-order valence-corrected chi connectivity index (χ2v) is 3.26. The van der Waals surface area contributed by atoms with Gasteiger partial charge in [-0.1, -0.05) is 0 Å². The quantitative estimate of drug-likeness (QED) is 0.700. The predicted octanol–water partition coefficient (Wildman–Crippen LogP) is 0.902. The average molecular weight is 166 g/mol. The Hall–Kier alpha value is -0.800. The molecule has 0 aliphatic carbocycles. The topological polar surface area (TPSA) is 37.2 Å². The lowest BCUT2D eigenvalue weighted by Crippen LogP contribution is -2.55. The van der Waals surface area contributed by atoms with Crippen LogP contribution in [0.15, 0.2) is 22.8 Å². The van der Waals surface area contributed by atoms with Crippen LogP contribution in [0.5, 0.6) is 0 Å². The van der Waals surface area contributed by atoms with Crippen molar-refractivity contribution in [1.82, 2.24) is 10.6 Å². The molecule has 1 aromatic heterocycles. The van der Waals surface area contributed by atoms with E-state index in [4.69, 9.17) is 4.42 Å². The van der Waals surface area contributed by atoms with Crippen molar-refractivity contribution in [3.63, 3.8) is 0 Å². The maximum atomic E-state index is 5.28. The Labute approximate surface area is 72.1 Å². The minimum Gasteiger partial charge on any atom is -0.468 e. The summed E-state index contributed by atoms with van der Waals surface area (Å²) in [6.07, 6.45) is 1.71. The highest BCUT2D eigenvalue weighted by atomic mass is 16.3. The van der Waals surface area contributed by atoms with E-state index >= 15 is 0 Å². The van der Waals surface area contributed by atoms with Crippen LogP contribution in [0.25, 0.3) is 0 Å². The fourth-order valence-corrected chi connectivity index (χ4v) is 1.38. The summed E-state index contributed by atoms with van der Waals surface area (Å²) in [5.41, 5.74) is 0. The fraction of sp³-hybridized carbons (Fsp3) is 0.556. The molecule has 66 valence electrons. The molecule has 0 radical (unpaired) electrons. The third kappa shape index (κ3) is 1.52. The molecule has 0 spiro atoms. The van der Waals surface area contributed by atoms with E-state index in [1.54, 1.807) is 6.26 Å². The fourth-order valence-electron chi connectivity index (χ4n) is 1.38. The molecule has 1 atom stereocenters. The van der Waals surface area contributed by atoms with Crippen molar-refractivity contribution < 1.29 is 4.42 Å². The number of furan rings is 1. The van der Waals surface area contributed by atoms with Crippen LogP contribution in [0.1, 0.15) is 18.7 Å². The highest BCUT2D eigenvalue weighted by Gasteiger charge is 2.19. The van der Waals surface area contributed by atoms with Crippen LogP contribution in [-0.2, 0) is 0 Å². The van der Waals surface area contributed by atoms with Crippen molar-refractivity contribution >= 4 is 0 Å². The molecule has 0 saturated carbocycles. The lowest BCUT2D eigenvalue weighted by atomic mass is 10.1. The van der Waals surface area contributed by atoms with Crippen LogP contribution < -0.4 is 10.6 Å². The first-order valence-corrected chi connectivity index (χ1v) is 4.36. The van der Waals surface area contributed by atoms with Crippen molar-refractivity contribution in [2.75, 3.05) is 13.1 Å². The van der Waals surface area contributed by atoms with Gasteiger partial charge in [0.2, 0.25) is 0 Å². The molecule has 12 heavy (non-hydrogen) atoms. The molecular formula is C9H14N2O. The number of hydrogen-bond acceptors (Lipinski definition) is 3. The first-order valence-electron chi connectivity index (χ1n) is 4.36. The normalized spacial score (nSPS) is 20.4. The van der Waals surface area contributed by atoms with Crippen LogP contribution in [0.3, 0.4) is 0 Å². The third-order valence-corrected chi connectivity index (χ3v) is 2.24. The van der Waals surface area contributed by atoms with Gasteiger partial charge in [-0.05, 0) is 19.1 Å². The molecule has 1 aromatic rings. The molecule has 0 unspecified atom stereocenters. The molecule has 2 rings (SSSR count). The van der Waals surface area contributed by atoms with Crippen molar-refractivity contribution in [3.05, 3.63) is 24.2 Å². The summed E-state index contributed by atoms with van der Waals surface area (Å²) in [6, 6.07) is 4.87. The Morgan fingerprint density at radius 3 is 3.00 bits per heavy atom. The molecule has 3 heteroatoms. The van der Waals surface area contributed by atoms with E-state index in [-0.39, 0.29) is 0 Å². The lowest BCUT2D eigenvalue weighted by molar-refractivity contribution is 0.315. The standard InChI is InChI=1S/C9H14N2O/c1-7(9-3-2-4-12-9)11-8-5-10-6-8/h2-4,7-8,10-11H,5-6H2,1H3/t7-/m1/s1. The van der Waals surface area contributed by atoms with Crippen LogP contribution in [0.4, 0.5) is 0 Å². The minimum absolute atomic E-state index is 0.326. The molecular weight excluding hydrogens is 152 g/mol. The van der Waals surface area contributed by atoms with Crippen LogP contribution >= 0.6 is 0 Å². The molecule has 2 heterocycles. The number of rotatable bonds is 3. The molecule has 1 aliphatic rings.